The number of ether oxygens (including phenoxy) is 3. The summed E-state index contributed by atoms with van der Waals surface area (Å²) in [5.41, 5.74) is 0.956. The Morgan fingerprint density at radius 1 is 1.04 bits per heavy atom. The summed E-state index contributed by atoms with van der Waals surface area (Å²) in [6.07, 6.45) is -0.750. The van der Waals surface area contributed by atoms with E-state index in [0.717, 1.165) is 0 Å². The molecule has 1 atom stereocenters. The number of para-hydroxylation sites is 2. The number of carbonyl (C=O) groups is 2. The van der Waals surface area contributed by atoms with Crippen LogP contribution in [0.4, 0.5) is 5.69 Å². The van der Waals surface area contributed by atoms with Gasteiger partial charge in [0, 0.05) is 24.9 Å². The predicted octanol–water partition coefficient (Wildman–Crippen LogP) is 2.48. The van der Waals surface area contributed by atoms with Gasteiger partial charge in [-0.1, -0.05) is 18.2 Å². The smallest absolute Gasteiger partial charge is 0.265 e. The predicted molar refractivity (Wildman–Crippen MR) is 102 cm³/mol. The van der Waals surface area contributed by atoms with Crippen molar-refractivity contribution in [3.63, 3.8) is 0 Å². The van der Waals surface area contributed by atoms with Crippen molar-refractivity contribution in [3.05, 3.63) is 54.1 Å². The summed E-state index contributed by atoms with van der Waals surface area (Å²) >= 11 is 0. The second kappa shape index (κ2) is 10.2. The fourth-order valence-corrected chi connectivity index (χ4v) is 2.31. The van der Waals surface area contributed by atoms with E-state index in [0.29, 0.717) is 35.9 Å². The van der Waals surface area contributed by atoms with Crippen LogP contribution in [-0.4, -0.2) is 45.3 Å². The van der Waals surface area contributed by atoms with Crippen LogP contribution in [0.5, 0.6) is 11.5 Å². The van der Waals surface area contributed by atoms with Crippen molar-refractivity contribution < 1.29 is 23.8 Å². The first kappa shape index (κ1) is 20.3. The van der Waals surface area contributed by atoms with Crippen molar-refractivity contribution >= 4 is 17.5 Å². The summed E-state index contributed by atoms with van der Waals surface area (Å²) < 4.78 is 15.8. The fourth-order valence-electron chi connectivity index (χ4n) is 2.31. The molecule has 1 unspecified atom stereocenters. The molecule has 0 aliphatic carbocycles. The lowest BCUT2D eigenvalue weighted by Crippen LogP contribution is -2.30. The highest BCUT2D eigenvalue weighted by atomic mass is 16.5. The lowest BCUT2D eigenvalue weighted by atomic mass is 10.2. The fraction of sp³-hybridized carbons (Fsp3) is 0.300. The van der Waals surface area contributed by atoms with Crippen LogP contribution in [0.1, 0.15) is 17.3 Å². The Morgan fingerprint density at radius 2 is 1.78 bits per heavy atom. The first-order valence-electron chi connectivity index (χ1n) is 8.53. The summed E-state index contributed by atoms with van der Waals surface area (Å²) in [7, 11) is 3.10. The molecule has 7 nitrogen and oxygen atoms in total. The molecule has 0 aromatic heterocycles. The van der Waals surface area contributed by atoms with Crippen LogP contribution >= 0.6 is 0 Å². The molecular weight excluding hydrogens is 348 g/mol. The van der Waals surface area contributed by atoms with Crippen LogP contribution in [-0.2, 0) is 9.53 Å². The second-order valence-electron chi connectivity index (χ2n) is 5.73. The maximum atomic E-state index is 12.4. The number of hydrogen-bond donors (Lipinski definition) is 2. The van der Waals surface area contributed by atoms with Crippen molar-refractivity contribution in [3.8, 4) is 11.5 Å². The zero-order chi connectivity index (χ0) is 19.6. The van der Waals surface area contributed by atoms with E-state index in [1.807, 2.05) is 6.07 Å². The van der Waals surface area contributed by atoms with Crippen LogP contribution in [0, 0.1) is 0 Å². The highest BCUT2D eigenvalue weighted by molar-refractivity contribution is 5.98. The summed E-state index contributed by atoms with van der Waals surface area (Å²) in [6.45, 7) is 2.48. The summed E-state index contributed by atoms with van der Waals surface area (Å²) in [5, 5.41) is 5.49. The Labute approximate surface area is 158 Å². The molecule has 2 N–H and O–H groups in total. The number of anilines is 1. The SMILES string of the molecule is COCCNC(=O)c1cccc(NC(=O)C(C)Oc2ccccc2OC)c1. The topological polar surface area (TPSA) is 85.9 Å². The van der Waals surface area contributed by atoms with E-state index in [9.17, 15) is 9.59 Å². The third kappa shape index (κ3) is 6.00. The minimum atomic E-state index is -0.750. The summed E-state index contributed by atoms with van der Waals surface area (Å²) in [6, 6.07) is 13.8. The number of hydrogen-bond acceptors (Lipinski definition) is 5. The van der Waals surface area contributed by atoms with E-state index in [1.54, 1.807) is 56.5 Å². The number of carbonyl (C=O) groups excluding carboxylic acids is 2. The molecule has 0 aliphatic rings. The normalized spacial score (nSPS) is 11.4. The number of nitrogens with one attached hydrogen (secondary N) is 2. The molecule has 27 heavy (non-hydrogen) atoms. The molecule has 0 saturated heterocycles. The van der Waals surface area contributed by atoms with Gasteiger partial charge in [-0.3, -0.25) is 9.59 Å². The van der Waals surface area contributed by atoms with Gasteiger partial charge in [-0.15, -0.1) is 0 Å². The van der Waals surface area contributed by atoms with Crippen LogP contribution in [0.3, 0.4) is 0 Å². The third-order valence-corrected chi connectivity index (χ3v) is 3.73. The van der Waals surface area contributed by atoms with E-state index in [-0.39, 0.29) is 11.8 Å². The van der Waals surface area contributed by atoms with Crippen LogP contribution in [0.15, 0.2) is 48.5 Å². The molecule has 144 valence electrons. The quantitative estimate of drug-likeness (QED) is 0.661. The number of amides is 2. The monoisotopic (exact) mass is 372 g/mol. The number of rotatable bonds is 9. The molecule has 0 fully saturated rings. The molecule has 2 aromatic rings. The molecular formula is C20H24N2O5. The highest BCUT2D eigenvalue weighted by Gasteiger charge is 2.17. The van der Waals surface area contributed by atoms with Crippen molar-refractivity contribution in [1.82, 2.24) is 5.32 Å². The Morgan fingerprint density at radius 3 is 2.48 bits per heavy atom. The standard InChI is InChI=1S/C20H24N2O5/c1-14(27-18-10-5-4-9-17(18)26-3)19(23)22-16-8-6-7-15(13-16)20(24)21-11-12-25-2/h4-10,13-14H,11-12H2,1-3H3,(H,21,24)(H,22,23). The average molecular weight is 372 g/mol. The van der Waals surface area contributed by atoms with Gasteiger partial charge >= 0.3 is 0 Å². The molecule has 7 heteroatoms. The Bertz CT molecular complexity index is 778. The van der Waals surface area contributed by atoms with Crippen LogP contribution < -0.4 is 20.1 Å². The van der Waals surface area contributed by atoms with Gasteiger partial charge in [0.2, 0.25) is 0 Å². The molecule has 2 rings (SSSR count). The van der Waals surface area contributed by atoms with Crippen molar-refractivity contribution in [2.45, 2.75) is 13.0 Å². The van der Waals surface area contributed by atoms with Crippen LogP contribution in [0.25, 0.3) is 0 Å². The number of benzene rings is 2. The van der Waals surface area contributed by atoms with E-state index in [1.165, 1.54) is 7.11 Å². The van der Waals surface area contributed by atoms with Gasteiger partial charge in [0.15, 0.2) is 17.6 Å². The summed E-state index contributed by atoms with van der Waals surface area (Å²) in [4.78, 5) is 24.5. The van der Waals surface area contributed by atoms with E-state index in [2.05, 4.69) is 10.6 Å². The van der Waals surface area contributed by atoms with Gasteiger partial charge in [-0.05, 0) is 37.3 Å². The molecule has 2 amide bonds. The maximum absolute atomic E-state index is 12.4. The molecule has 0 spiro atoms. The Kier molecular flexibility index (Phi) is 7.63. The molecule has 0 heterocycles. The molecule has 0 aliphatic heterocycles. The highest BCUT2D eigenvalue weighted by Crippen LogP contribution is 2.27. The van der Waals surface area contributed by atoms with Gasteiger partial charge < -0.3 is 24.8 Å². The minimum Gasteiger partial charge on any atom is -0.493 e. The molecule has 0 radical (unpaired) electrons. The van der Waals surface area contributed by atoms with E-state index < -0.39 is 6.10 Å². The first-order valence-corrected chi connectivity index (χ1v) is 8.53. The zero-order valence-electron chi connectivity index (χ0n) is 15.7. The van der Waals surface area contributed by atoms with E-state index in [4.69, 9.17) is 14.2 Å². The first-order chi connectivity index (χ1) is 13.0. The van der Waals surface area contributed by atoms with Crippen molar-refractivity contribution in [2.75, 3.05) is 32.7 Å². The maximum Gasteiger partial charge on any atom is 0.265 e. The van der Waals surface area contributed by atoms with Gasteiger partial charge in [-0.25, -0.2) is 0 Å². The molecule has 2 aromatic carbocycles. The molecule has 0 bridgehead atoms. The Hall–Kier alpha value is -3.06. The van der Waals surface area contributed by atoms with Crippen molar-refractivity contribution in [2.24, 2.45) is 0 Å². The lowest BCUT2D eigenvalue weighted by molar-refractivity contribution is -0.122. The van der Waals surface area contributed by atoms with Gasteiger partial charge in [0.1, 0.15) is 0 Å². The summed E-state index contributed by atoms with van der Waals surface area (Å²) in [5.74, 6) is 0.458. The Balaban J connectivity index is 1.98. The minimum absolute atomic E-state index is 0.235. The van der Waals surface area contributed by atoms with Gasteiger partial charge in [0.25, 0.3) is 11.8 Å². The largest absolute Gasteiger partial charge is 0.493 e. The van der Waals surface area contributed by atoms with Gasteiger partial charge in [-0.2, -0.15) is 0 Å². The van der Waals surface area contributed by atoms with Crippen LogP contribution in [0.2, 0.25) is 0 Å². The molecule has 0 saturated carbocycles. The van der Waals surface area contributed by atoms with Gasteiger partial charge in [0.05, 0.1) is 13.7 Å². The second-order valence-corrected chi connectivity index (χ2v) is 5.73. The lowest BCUT2D eigenvalue weighted by Gasteiger charge is -2.17. The number of methoxy groups -OCH3 is 2. The third-order valence-electron chi connectivity index (χ3n) is 3.73. The van der Waals surface area contributed by atoms with Crippen molar-refractivity contribution in [1.29, 1.82) is 0 Å². The van der Waals surface area contributed by atoms with E-state index >= 15 is 0 Å². The zero-order valence-corrected chi connectivity index (χ0v) is 15.7. The average Bonchev–Trinajstić information content (AvgIpc) is 2.68.